The zero-order chi connectivity index (χ0) is 17.7. The van der Waals surface area contributed by atoms with Gasteiger partial charge in [-0.25, -0.2) is 13.1 Å². The molecular weight excluding hydrogens is 338 g/mol. The van der Waals surface area contributed by atoms with E-state index in [9.17, 15) is 8.42 Å². The number of rotatable bonds is 6. The molecule has 1 aliphatic rings. The van der Waals surface area contributed by atoms with Gasteiger partial charge in [0.05, 0.1) is 28.8 Å². The molecular formula is C18H21N3O3S. The molecule has 0 saturated carbocycles. The van der Waals surface area contributed by atoms with Crippen LogP contribution in [0, 0.1) is 11.3 Å². The van der Waals surface area contributed by atoms with E-state index in [1.54, 1.807) is 6.26 Å². The Hall–Kier alpha value is -2.14. The van der Waals surface area contributed by atoms with Crippen LogP contribution in [0.25, 0.3) is 0 Å². The molecule has 7 heteroatoms. The number of piperidine rings is 1. The summed E-state index contributed by atoms with van der Waals surface area (Å²) in [4.78, 5) is 2.42. The van der Waals surface area contributed by atoms with Crippen molar-refractivity contribution in [2.75, 3.05) is 19.6 Å². The maximum atomic E-state index is 12.5. The number of hydrogen-bond acceptors (Lipinski definition) is 5. The average Bonchev–Trinajstić information content (AvgIpc) is 3.17. The van der Waals surface area contributed by atoms with E-state index in [2.05, 4.69) is 9.62 Å². The first-order valence-electron chi connectivity index (χ1n) is 8.37. The average molecular weight is 359 g/mol. The molecule has 1 aromatic heterocycles. The van der Waals surface area contributed by atoms with E-state index in [1.807, 2.05) is 18.2 Å². The highest BCUT2D eigenvalue weighted by atomic mass is 32.2. The van der Waals surface area contributed by atoms with Crippen molar-refractivity contribution in [2.45, 2.75) is 30.2 Å². The lowest BCUT2D eigenvalue weighted by Gasteiger charge is -2.33. The molecule has 1 unspecified atom stereocenters. The third-order valence-corrected chi connectivity index (χ3v) is 5.90. The summed E-state index contributed by atoms with van der Waals surface area (Å²) in [6.45, 7) is 2.11. The van der Waals surface area contributed by atoms with Gasteiger partial charge in [0.2, 0.25) is 10.0 Å². The predicted octanol–water partition coefficient (Wildman–Crippen LogP) is 2.66. The van der Waals surface area contributed by atoms with Gasteiger partial charge in [0, 0.05) is 6.54 Å². The number of hydrogen-bond donors (Lipinski definition) is 1. The minimum atomic E-state index is -3.64. The number of benzene rings is 1. The number of furan rings is 1. The Morgan fingerprint density at radius 1 is 1.16 bits per heavy atom. The Bertz CT molecular complexity index is 817. The molecule has 25 heavy (non-hydrogen) atoms. The Kier molecular flexibility index (Phi) is 5.53. The standard InChI is InChI=1S/C18H21N3O3S/c19-13-15-6-8-16(9-7-15)25(22,23)20-14-17(18-5-4-12-24-18)21-10-2-1-3-11-21/h4-9,12,17,20H,1-3,10-11,14H2. The molecule has 0 aliphatic carbocycles. The van der Waals surface area contributed by atoms with Crippen molar-refractivity contribution in [2.24, 2.45) is 0 Å². The molecule has 1 aliphatic heterocycles. The lowest BCUT2D eigenvalue weighted by molar-refractivity contribution is 0.147. The van der Waals surface area contributed by atoms with E-state index >= 15 is 0 Å². The van der Waals surface area contributed by atoms with Crippen LogP contribution in [0.5, 0.6) is 0 Å². The molecule has 2 heterocycles. The second-order valence-corrected chi connectivity index (χ2v) is 7.88. The third kappa shape index (κ3) is 4.28. The molecule has 3 rings (SSSR count). The van der Waals surface area contributed by atoms with Gasteiger partial charge in [0.15, 0.2) is 0 Å². The Labute approximate surface area is 148 Å². The van der Waals surface area contributed by atoms with E-state index in [0.717, 1.165) is 31.7 Å². The molecule has 0 spiro atoms. The monoisotopic (exact) mass is 359 g/mol. The Morgan fingerprint density at radius 3 is 2.48 bits per heavy atom. The number of nitrogens with one attached hydrogen (secondary N) is 1. The molecule has 2 aromatic rings. The summed E-state index contributed by atoms with van der Waals surface area (Å²) >= 11 is 0. The number of sulfonamides is 1. The van der Waals surface area contributed by atoms with Gasteiger partial charge < -0.3 is 4.42 Å². The van der Waals surface area contributed by atoms with Crippen molar-refractivity contribution < 1.29 is 12.8 Å². The van der Waals surface area contributed by atoms with Crippen LogP contribution >= 0.6 is 0 Å². The highest BCUT2D eigenvalue weighted by Crippen LogP contribution is 2.25. The summed E-state index contributed by atoms with van der Waals surface area (Å²) < 4.78 is 33.3. The van der Waals surface area contributed by atoms with E-state index in [1.165, 1.54) is 30.7 Å². The number of nitriles is 1. The molecule has 1 aromatic carbocycles. The molecule has 1 atom stereocenters. The smallest absolute Gasteiger partial charge is 0.240 e. The topological polar surface area (TPSA) is 86.3 Å². The van der Waals surface area contributed by atoms with Crippen LogP contribution in [0.2, 0.25) is 0 Å². The zero-order valence-corrected chi connectivity index (χ0v) is 14.7. The highest BCUT2D eigenvalue weighted by molar-refractivity contribution is 7.89. The molecule has 132 valence electrons. The van der Waals surface area contributed by atoms with E-state index in [0.29, 0.717) is 5.56 Å². The van der Waals surface area contributed by atoms with Crippen LogP contribution in [-0.2, 0) is 10.0 Å². The van der Waals surface area contributed by atoms with Gasteiger partial charge in [-0.05, 0) is 62.3 Å². The lowest BCUT2D eigenvalue weighted by Crippen LogP contribution is -2.40. The minimum absolute atomic E-state index is 0.122. The van der Waals surface area contributed by atoms with Crippen molar-refractivity contribution in [3.8, 4) is 6.07 Å². The first kappa shape index (κ1) is 17.7. The van der Waals surface area contributed by atoms with Gasteiger partial charge >= 0.3 is 0 Å². The minimum Gasteiger partial charge on any atom is -0.468 e. The summed E-state index contributed by atoms with van der Waals surface area (Å²) in [7, 11) is -3.64. The molecule has 1 N–H and O–H groups in total. The van der Waals surface area contributed by atoms with Crippen LogP contribution < -0.4 is 4.72 Å². The largest absolute Gasteiger partial charge is 0.468 e. The first-order valence-corrected chi connectivity index (χ1v) is 9.86. The number of nitrogens with zero attached hydrogens (tertiary/aromatic N) is 2. The summed E-state index contributed by atoms with van der Waals surface area (Å²) in [5.74, 6) is 0.768. The van der Waals surface area contributed by atoms with Crippen LogP contribution in [0.3, 0.4) is 0 Å². The fraction of sp³-hybridized carbons (Fsp3) is 0.389. The van der Waals surface area contributed by atoms with Crippen LogP contribution in [0.4, 0.5) is 0 Å². The van der Waals surface area contributed by atoms with E-state index in [-0.39, 0.29) is 17.5 Å². The van der Waals surface area contributed by atoms with Gasteiger partial charge in [-0.3, -0.25) is 4.90 Å². The second-order valence-electron chi connectivity index (χ2n) is 6.12. The predicted molar refractivity (Wildman–Crippen MR) is 93.2 cm³/mol. The fourth-order valence-corrected chi connectivity index (χ4v) is 4.14. The molecule has 1 fully saturated rings. The zero-order valence-electron chi connectivity index (χ0n) is 13.9. The molecule has 0 amide bonds. The van der Waals surface area contributed by atoms with Gasteiger partial charge in [0.25, 0.3) is 0 Å². The van der Waals surface area contributed by atoms with Crippen LogP contribution in [-0.4, -0.2) is 33.0 Å². The lowest BCUT2D eigenvalue weighted by atomic mass is 10.1. The summed E-state index contributed by atoms with van der Waals surface area (Å²) in [5.41, 5.74) is 0.431. The van der Waals surface area contributed by atoms with E-state index < -0.39 is 10.0 Å². The van der Waals surface area contributed by atoms with Crippen molar-refractivity contribution in [1.82, 2.24) is 9.62 Å². The second kappa shape index (κ2) is 7.83. The van der Waals surface area contributed by atoms with Gasteiger partial charge in [0.1, 0.15) is 5.76 Å². The normalized spacial score (nSPS) is 17.1. The first-order chi connectivity index (χ1) is 12.1. The number of likely N-dealkylation sites (tertiary alicyclic amines) is 1. The SMILES string of the molecule is N#Cc1ccc(S(=O)(=O)NCC(c2ccco2)N2CCCCC2)cc1. The fourth-order valence-electron chi connectivity index (χ4n) is 3.10. The van der Waals surface area contributed by atoms with Crippen LogP contribution in [0.15, 0.2) is 52.0 Å². The summed E-state index contributed by atoms with van der Waals surface area (Å²) in [6, 6.07) is 11.5. The van der Waals surface area contributed by atoms with E-state index in [4.69, 9.17) is 9.68 Å². The summed E-state index contributed by atoms with van der Waals surface area (Å²) in [6.07, 6.45) is 5.04. The van der Waals surface area contributed by atoms with Gasteiger partial charge in [-0.2, -0.15) is 5.26 Å². The molecule has 0 radical (unpaired) electrons. The molecule has 1 saturated heterocycles. The van der Waals surface area contributed by atoms with Crippen molar-refractivity contribution in [1.29, 1.82) is 5.26 Å². The van der Waals surface area contributed by atoms with Crippen LogP contribution in [0.1, 0.15) is 36.6 Å². The Balaban J connectivity index is 1.74. The van der Waals surface area contributed by atoms with Crippen molar-refractivity contribution in [3.05, 3.63) is 54.0 Å². The third-order valence-electron chi connectivity index (χ3n) is 4.46. The quantitative estimate of drug-likeness (QED) is 0.857. The maximum Gasteiger partial charge on any atom is 0.240 e. The molecule has 0 bridgehead atoms. The Morgan fingerprint density at radius 2 is 1.88 bits per heavy atom. The molecule has 6 nitrogen and oxygen atoms in total. The van der Waals surface area contributed by atoms with Crippen molar-refractivity contribution >= 4 is 10.0 Å². The van der Waals surface area contributed by atoms with Gasteiger partial charge in [-0.1, -0.05) is 6.42 Å². The summed E-state index contributed by atoms with van der Waals surface area (Å²) in [5, 5.41) is 8.83. The van der Waals surface area contributed by atoms with Gasteiger partial charge in [-0.15, -0.1) is 0 Å². The van der Waals surface area contributed by atoms with Crippen molar-refractivity contribution in [3.63, 3.8) is 0 Å². The maximum absolute atomic E-state index is 12.5. The highest BCUT2D eigenvalue weighted by Gasteiger charge is 2.26.